The molecule has 0 aromatic heterocycles. The second-order valence-electron chi connectivity index (χ2n) is 7.82. The molecule has 1 aromatic rings. The zero-order chi connectivity index (χ0) is 21.8. The van der Waals surface area contributed by atoms with Gasteiger partial charge in [0.2, 0.25) is 11.8 Å². The van der Waals surface area contributed by atoms with Gasteiger partial charge >= 0.3 is 0 Å². The van der Waals surface area contributed by atoms with E-state index in [1.165, 1.54) is 4.90 Å². The summed E-state index contributed by atoms with van der Waals surface area (Å²) in [6.07, 6.45) is 6.80. The van der Waals surface area contributed by atoms with Crippen LogP contribution in [0.4, 0.5) is 11.4 Å². The van der Waals surface area contributed by atoms with Crippen molar-refractivity contribution in [2.75, 3.05) is 43.5 Å². The Balaban J connectivity index is 1.46. The number of allylic oxidation sites excluding steroid dienone is 2. The number of para-hydroxylation sites is 2. The first-order chi connectivity index (χ1) is 14.9. The summed E-state index contributed by atoms with van der Waals surface area (Å²) < 4.78 is 5.30. The fourth-order valence-corrected chi connectivity index (χ4v) is 3.65. The van der Waals surface area contributed by atoms with Crippen molar-refractivity contribution >= 4 is 34.9 Å². The van der Waals surface area contributed by atoms with Gasteiger partial charge in [0.25, 0.3) is 5.91 Å². The van der Waals surface area contributed by atoms with Gasteiger partial charge in [0.1, 0.15) is 11.4 Å². The number of nitrogens with zero attached hydrogens (tertiary/aromatic N) is 3. The molecular weight excluding hydrogens is 398 g/mol. The molecule has 3 amide bonds. The number of amides is 3. The van der Waals surface area contributed by atoms with E-state index in [1.807, 2.05) is 4.90 Å². The van der Waals surface area contributed by atoms with Crippen molar-refractivity contribution in [3.05, 3.63) is 48.7 Å². The maximum Gasteiger partial charge on any atom is 0.252 e. The fourth-order valence-electron chi connectivity index (χ4n) is 3.65. The molecule has 3 aliphatic rings. The third-order valence-corrected chi connectivity index (χ3v) is 5.37. The lowest BCUT2D eigenvalue weighted by atomic mass is 9.94. The van der Waals surface area contributed by atoms with Gasteiger partial charge in [-0.1, -0.05) is 18.2 Å². The number of hydrogen-bond acceptors (Lipinski definition) is 6. The van der Waals surface area contributed by atoms with Crippen LogP contribution in [0.5, 0.6) is 0 Å². The van der Waals surface area contributed by atoms with Gasteiger partial charge in [0.05, 0.1) is 37.6 Å². The largest absolute Gasteiger partial charge is 0.379 e. The number of rotatable bonds is 5. The number of nitrogens with one attached hydrogen (secondary N) is 2. The second-order valence-corrected chi connectivity index (χ2v) is 7.82. The smallest absolute Gasteiger partial charge is 0.252 e. The number of aliphatic imine (C=N–C) groups is 1. The van der Waals surface area contributed by atoms with Crippen molar-refractivity contribution in [3.63, 3.8) is 0 Å². The molecule has 0 radical (unpaired) electrons. The maximum atomic E-state index is 13.1. The molecule has 0 aliphatic carbocycles. The van der Waals surface area contributed by atoms with E-state index in [-0.39, 0.29) is 24.8 Å². The number of ether oxygens (including phenoxy) is 1. The molecule has 4 rings (SSSR count). The van der Waals surface area contributed by atoms with Crippen molar-refractivity contribution < 1.29 is 19.1 Å². The first kappa shape index (κ1) is 21.0. The number of morpholine rings is 1. The van der Waals surface area contributed by atoms with Crippen LogP contribution >= 0.6 is 0 Å². The van der Waals surface area contributed by atoms with Gasteiger partial charge in [-0.05, 0) is 31.2 Å². The highest BCUT2D eigenvalue weighted by Crippen LogP contribution is 2.28. The third-order valence-electron chi connectivity index (χ3n) is 5.37. The average Bonchev–Trinajstić information content (AvgIpc) is 2.75. The van der Waals surface area contributed by atoms with Crippen LogP contribution in [0.1, 0.15) is 13.3 Å². The number of carbonyl (C=O) groups is 3. The van der Waals surface area contributed by atoms with Gasteiger partial charge in [-0.2, -0.15) is 0 Å². The molecular formula is C22H25N5O4. The molecule has 1 aromatic carbocycles. The monoisotopic (exact) mass is 423 g/mol. The number of benzene rings is 1. The summed E-state index contributed by atoms with van der Waals surface area (Å²) in [6, 6.07) is 6.98. The Bertz CT molecular complexity index is 980. The van der Waals surface area contributed by atoms with E-state index in [2.05, 4.69) is 15.6 Å². The second kappa shape index (κ2) is 8.83. The highest BCUT2D eigenvalue weighted by Gasteiger charge is 2.42. The van der Waals surface area contributed by atoms with E-state index in [1.54, 1.807) is 55.6 Å². The summed E-state index contributed by atoms with van der Waals surface area (Å²) in [5.74, 6) is -0.345. The van der Waals surface area contributed by atoms with E-state index in [4.69, 9.17) is 4.74 Å². The molecule has 0 unspecified atom stereocenters. The lowest BCUT2D eigenvalue weighted by Crippen LogP contribution is -2.50. The topological polar surface area (TPSA) is 103 Å². The minimum Gasteiger partial charge on any atom is -0.379 e. The molecule has 0 spiro atoms. The van der Waals surface area contributed by atoms with Crippen LogP contribution in [-0.4, -0.2) is 71.7 Å². The predicted molar refractivity (Wildman–Crippen MR) is 117 cm³/mol. The quantitative estimate of drug-likeness (QED) is 0.745. The van der Waals surface area contributed by atoms with E-state index in [9.17, 15) is 14.4 Å². The van der Waals surface area contributed by atoms with Gasteiger partial charge in [0.15, 0.2) is 0 Å². The van der Waals surface area contributed by atoms with Crippen molar-refractivity contribution in [2.45, 2.75) is 18.9 Å². The lowest BCUT2D eigenvalue weighted by molar-refractivity contribution is -0.132. The van der Waals surface area contributed by atoms with Crippen LogP contribution < -0.4 is 10.6 Å². The zero-order valence-electron chi connectivity index (χ0n) is 17.3. The minimum atomic E-state index is -1.25. The molecule has 0 saturated carbocycles. The Labute approximate surface area is 180 Å². The van der Waals surface area contributed by atoms with E-state index >= 15 is 0 Å². The van der Waals surface area contributed by atoms with Gasteiger partial charge < -0.3 is 15.4 Å². The third kappa shape index (κ3) is 4.73. The molecule has 31 heavy (non-hydrogen) atoms. The molecule has 3 heterocycles. The summed E-state index contributed by atoms with van der Waals surface area (Å²) in [5.41, 5.74) is -0.295. The number of fused-ring (bicyclic) bond motifs is 1. The highest BCUT2D eigenvalue weighted by molar-refractivity contribution is 6.13. The Morgan fingerprint density at radius 2 is 1.84 bits per heavy atom. The standard InChI is InChI=1S/C22H25N5O4/c1-22(14-20(29)27-9-5-4-8-18(27)25-22)21(30)24-17-7-3-2-6-16(17)23-19(28)15-26-10-12-31-13-11-26/h2-9H,10-15H2,1H3,(H,23,28)(H,24,30)/t22-/m0/s1. The molecule has 0 bridgehead atoms. The van der Waals surface area contributed by atoms with Crippen molar-refractivity contribution in [1.82, 2.24) is 9.80 Å². The summed E-state index contributed by atoms with van der Waals surface area (Å²) in [7, 11) is 0. The Kier molecular flexibility index (Phi) is 5.97. The van der Waals surface area contributed by atoms with Crippen LogP contribution in [0.15, 0.2) is 53.7 Å². The normalized spacial score (nSPS) is 23.2. The average molecular weight is 423 g/mol. The van der Waals surface area contributed by atoms with Crippen LogP contribution in [0.25, 0.3) is 0 Å². The summed E-state index contributed by atoms with van der Waals surface area (Å²) in [6.45, 7) is 4.53. The van der Waals surface area contributed by atoms with E-state index in [0.29, 0.717) is 43.5 Å². The van der Waals surface area contributed by atoms with Gasteiger partial charge in [-0.3, -0.25) is 29.2 Å². The number of hydrogen-bond donors (Lipinski definition) is 2. The van der Waals surface area contributed by atoms with E-state index in [0.717, 1.165) is 0 Å². The molecule has 1 fully saturated rings. The first-order valence-electron chi connectivity index (χ1n) is 10.2. The summed E-state index contributed by atoms with van der Waals surface area (Å²) in [4.78, 5) is 46.1. The number of amidine groups is 1. The first-order valence-corrected chi connectivity index (χ1v) is 10.2. The maximum absolute atomic E-state index is 13.1. The van der Waals surface area contributed by atoms with Crippen molar-refractivity contribution in [3.8, 4) is 0 Å². The van der Waals surface area contributed by atoms with Crippen molar-refractivity contribution in [2.24, 2.45) is 4.99 Å². The molecule has 162 valence electrons. The van der Waals surface area contributed by atoms with Crippen LogP contribution in [0, 0.1) is 0 Å². The van der Waals surface area contributed by atoms with Crippen LogP contribution in [0.3, 0.4) is 0 Å². The van der Waals surface area contributed by atoms with Gasteiger partial charge in [-0.25, -0.2) is 0 Å². The van der Waals surface area contributed by atoms with Crippen LogP contribution in [0.2, 0.25) is 0 Å². The molecule has 3 aliphatic heterocycles. The van der Waals surface area contributed by atoms with Crippen LogP contribution in [-0.2, 0) is 19.1 Å². The molecule has 1 atom stereocenters. The Morgan fingerprint density at radius 1 is 1.13 bits per heavy atom. The fraction of sp³-hybridized carbons (Fsp3) is 0.364. The van der Waals surface area contributed by atoms with Gasteiger partial charge in [0, 0.05) is 19.3 Å². The highest BCUT2D eigenvalue weighted by atomic mass is 16.5. The Hall–Kier alpha value is -3.30. The molecule has 1 saturated heterocycles. The van der Waals surface area contributed by atoms with E-state index < -0.39 is 11.4 Å². The van der Waals surface area contributed by atoms with Gasteiger partial charge in [-0.15, -0.1) is 0 Å². The molecule has 2 N–H and O–H groups in total. The SMILES string of the molecule is C[C@@]1(C(=O)Nc2ccccc2NC(=O)CN2CCOCC2)CC(=O)N2C=CC=CC2=N1. The molecule has 9 nitrogen and oxygen atoms in total. The zero-order valence-corrected chi connectivity index (χ0v) is 17.3. The lowest BCUT2D eigenvalue weighted by Gasteiger charge is -2.34. The number of anilines is 2. The summed E-state index contributed by atoms with van der Waals surface area (Å²) in [5, 5.41) is 5.70. The number of carbonyl (C=O) groups excluding carboxylic acids is 3. The minimum absolute atomic E-state index is 0.0495. The van der Waals surface area contributed by atoms with Crippen molar-refractivity contribution in [1.29, 1.82) is 0 Å². The predicted octanol–water partition coefficient (Wildman–Crippen LogP) is 1.37. The summed E-state index contributed by atoms with van der Waals surface area (Å²) >= 11 is 0. The molecule has 9 heteroatoms. The Morgan fingerprint density at radius 3 is 2.58 bits per heavy atom.